The first-order chi connectivity index (χ1) is 20.3. The predicted molar refractivity (Wildman–Crippen MR) is 162 cm³/mol. The van der Waals surface area contributed by atoms with Crippen molar-refractivity contribution in [2.45, 2.75) is 28.3 Å². The molecular formula is C31H27N9S. The van der Waals surface area contributed by atoms with Gasteiger partial charge >= 0.3 is 0 Å². The number of likely N-dealkylation sites (tertiary alicyclic amines) is 1. The topological polar surface area (TPSA) is 102 Å². The molecule has 202 valence electrons. The Morgan fingerprint density at radius 2 is 1.41 bits per heavy atom. The number of benzene rings is 2. The fraction of sp³-hybridized carbons (Fsp3) is 0.226. The van der Waals surface area contributed by atoms with Crippen molar-refractivity contribution in [3.63, 3.8) is 0 Å². The molecule has 9 rings (SSSR count). The Hall–Kier alpha value is -4.25. The van der Waals surface area contributed by atoms with Crippen LogP contribution in [0.25, 0.3) is 44.3 Å². The van der Waals surface area contributed by atoms with Crippen LogP contribution >= 0.6 is 11.8 Å². The molecule has 2 fully saturated rings. The number of rotatable bonds is 5. The molecule has 2 bridgehead atoms. The van der Waals surface area contributed by atoms with E-state index in [9.17, 15) is 0 Å². The molecule has 7 heterocycles. The van der Waals surface area contributed by atoms with Gasteiger partial charge < -0.3 is 10.2 Å². The van der Waals surface area contributed by atoms with Crippen LogP contribution < -0.4 is 10.2 Å². The van der Waals surface area contributed by atoms with Crippen molar-refractivity contribution in [2.75, 3.05) is 31.1 Å². The zero-order chi connectivity index (χ0) is 26.9. The summed E-state index contributed by atoms with van der Waals surface area (Å²) in [4.78, 5) is 16.6. The van der Waals surface area contributed by atoms with Gasteiger partial charge in [-0.2, -0.15) is 10.2 Å². The summed E-state index contributed by atoms with van der Waals surface area (Å²) in [7, 11) is 0. The summed E-state index contributed by atoms with van der Waals surface area (Å²) in [5, 5.41) is 20.2. The van der Waals surface area contributed by atoms with Crippen LogP contribution in [0.4, 0.5) is 11.4 Å². The molecule has 6 aromatic rings. The predicted octanol–water partition coefficient (Wildman–Crippen LogP) is 5.21. The maximum absolute atomic E-state index is 4.44. The van der Waals surface area contributed by atoms with Gasteiger partial charge in [-0.3, -0.25) is 15.1 Å². The first kappa shape index (κ1) is 23.5. The molecular weight excluding hydrogens is 530 g/mol. The van der Waals surface area contributed by atoms with Gasteiger partial charge in [0.05, 0.1) is 23.8 Å². The number of piperazine rings is 1. The molecule has 3 N–H and O–H groups in total. The molecule has 0 spiro atoms. The van der Waals surface area contributed by atoms with E-state index in [0.29, 0.717) is 12.1 Å². The lowest BCUT2D eigenvalue weighted by atomic mass is 10.0. The fourth-order valence-corrected chi connectivity index (χ4v) is 7.99. The van der Waals surface area contributed by atoms with Crippen LogP contribution in [0.5, 0.6) is 0 Å². The molecule has 0 amide bonds. The number of fused-ring (bicyclic) bond motifs is 6. The lowest BCUT2D eigenvalue weighted by molar-refractivity contribution is 0.232. The van der Waals surface area contributed by atoms with Crippen LogP contribution in [0.2, 0.25) is 0 Å². The Bertz CT molecular complexity index is 1820. The second kappa shape index (κ2) is 9.13. The van der Waals surface area contributed by atoms with Crippen molar-refractivity contribution in [2.24, 2.45) is 0 Å². The molecule has 41 heavy (non-hydrogen) atoms. The van der Waals surface area contributed by atoms with E-state index in [4.69, 9.17) is 0 Å². The Kier molecular flexibility index (Phi) is 5.22. The number of H-pyrrole nitrogens is 2. The first-order valence-electron chi connectivity index (χ1n) is 14.1. The van der Waals surface area contributed by atoms with E-state index >= 15 is 0 Å². The molecule has 0 unspecified atom stereocenters. The highest BCUT2D eigenvalue weighted by atomic mass is 32.2. The number of anilines is 2. The highest BCUT2D eigenvalue weighted by Crippen LogP contribution is 2.50. The Labute approximate surface area is 240 Å². The van der Waals surface area contributed by atoms with E-state index < -0.39 is 0 Å². The average molecular weight is 558 g/mol. The number of aromatic amines is 2. The van der Waals surface area contributed by atoms with Crippen molar-refractivity contribution in [3.8, 4) is 22.3 Å². The summed E-state index contributed by atoms with van der Waals surface area (Å²) in [5.74, 6) is 0. The van der Waals surface area contributed by atoms with Gasteiger partial charge in [0.15, 0.2) is 11.3 Å². The van der Waals surface area contributed by atoms with E-state index in [1.165, 1.54) is 38.7 Å². The summed E-state index contributed by atoms with van der Waals surface area (Å²) in [6.45, 7) is 4.26. The van der Waals surface area contributed by atoms with Crippen LogP contribution in [0.15, 0.2) is 83.1 Å². The smallest absolute Gasteiger partial charge is 0.155 e. The van der Waals surface area contributed by atoms with Gasteiger partial charge in [0, 0.05) is 71.2 Å². The number of pyridine rings is 2. The Balaban J connectivity index is 1.13. The molecule has 0 radical (unpaired) electrons. The zero-order valence-corrected chi connectivity index (χ0v) is 23.0. The number of nitrogens with zero attached hydrogens (tertiary/aromatic N) is 6. The van der Waals surface area contributed by atoms with E-state index in [2.05, 4.69) is 94.0 Å². The summed E-state index contributed by atoms with van der Waals surface area (Å²) in [6, 6.07) is 19.2. The highest BCUT2D eigenvalue weighted by molar-refractivity contribution is 7.99. The minimum Gasteiger partial charge on any atom is -0.338 e. The minimum atomic E-state index is 0.654. The van der Waals surface area contributed by atoms with Crippen molar-refractivity contribution >= 4 is 45.2 Å². The number of nitrogens with one attached hydrogen (secondary N) is 3. The van der Waals surface area contributed by atoms with E-state index in [1.807, 2.05) is 36.5 Å². The average Bonchev–Trinajstić information content (AvgIpc) is 3.83. The molecule has 0 saturated carbocycles. The van der Waals surface area contributed by atoms with Gasteiger partial charge in [-0.15, -0.1) is 0 Å². The molecule has 10 heteroatoms. The third-order valence-electron chi connectivity index (χ3n) is 8.83. The van der Waals surface area contributed by atoms with E-state index in [1.54, 1.807) is 0 Å². The third kappa shape index (κ3) is 3.78. The molecule has 9 nitrogen and oxygen atoms in total. The van der Waals surface area contributed by atoms with Crippen LogP contribution in [0.1, 0.15) is 6.42 Å². The quantitative estimate of drug-likeness (QED) is 0.266. The summed E-state index contributed by atoms with van der Waals surface area (Å²) in [5.41, 5.74) is 8.75. The highest BCUT2D eigenvalue weighted by Gasteiger charge is 2.37. The maximum atomic E-state index is 4.44. The van der Waals surface area contributed by atoms with Crippen molar-refractivity contribution in [1.82, 2.24) is 40.6 Å². The fourth-order valence-electron chi connectivity index (χ4n) is 6.82. The Morgan fingerprint density at radius 3 is 1.98 bits per heavy atom. The van der Waals surface area contributed by atoms with Gasteiger partial charge in [-0.1, -0.05) is 23.9 Å². The van der Waals surface area contributed by atoms with Gasteiger partial charge in [0.2, 0.25) is 0 Å². The van der Waals surface area contributed by atoms with Gasteiger partial charge in [0.1, 0.15) is 0 Å². The molecule has 2 saturated heterocycles. The second-order valence-electron chi connectivity index (χ2n) is 11.1. The normalized spacial score (nSPS) is 19.8. The van der Waals surface area contributed by atoms with Crippen LogP contribution in [-0.4, -0.2) is 73.5 Å². The lowest BCUT2D eigenvalue weighted by Gasteiger charge is -2.36. The van der Waals surface area contributed by atoms with Crippen molar-refractivity contribution < 1.29 is 0 Å². The SMILES string of the molecule is c1cc(-c2ccc3c(c2)Sc2cc(-c4ccnc5[nH]ncc45)ccc2N3CCN2C[C@H]3C[C@@H]2CN3)c2cn[nH]c2n1. The summed E-state index contributed by atoms with van der Waals surface area (Å²) < 4.78 is 0. The van der Waals surface area contributed by atoms with Crippen LogP contribution in [0.3, 0.4) is 0 Å². The van der Waals surface area contributed by atoms with E-state index in [-0.39, 0.29) is 0 Å². The van der Waals surface area contributed by atoms with Crippen molar-refractivity contribution in [3.05, 3.63) is 73.3 Å². The van der Waals surface area contributed by atoms with Gasteiger partial charge in [0.25, 0.3) is 0 Å². The van der Waals surface area contributed by atoms with Crippen LogP contribution in [-0.2, 0) is 0 Å². The minimum absolute atomic E-state index is 0.654. The number of hydrogen-bond donors (Lipinski definition) is 3. The van der Waals surface area contributed by atoms with Crippen LogP contribution in [0, 0.1) is 0 Å². The van der Waals surface area contributed by atoms with Crippen molar-refractivity contribution in [1.29, 1.82) is 0 Å². The standard InChI is InChI=1S/C31H27N9S/c1-3-26-28(11-18(1)22-5-7-32-30-24(22)15-35-37-30)41-29-12-19(23-6-8-33-31-25(23)16-36-38-31)2-4-27(29)40(26)10-9-39-17-20-13-21(39)14-34-20/h1-8,11-12,15-16,20-21,34H,9-10,13-14,17H2,(H,32,35,37)(H,33,36,38)/t20-,21-/m1/s1. The molecule has 2 aromatic carbocycles. The summed E-state index contributed by atoms with van der Waals surface area (Å²) in [6.07, 6.45) is 8.70. The second-order valence-corrected chi connectivity index (χ2v) is 12.2. The zero-order valence-electron chi connectivity index (χ0n) is 22.2. The largest absolute Gasteiger partial charge is 0.338 e. The molecule has 4 aromatic heterocycles. The lowest BCUT2D eigenvalue weighted by Crippen LogP contribution is -2.46. The number of aromatic nitrogens is 6. The van der Waals surface area contributed by atoms with Gasteiger partial charge in [-0.25, -0.2) is 9.97 Å². The molecule has 3 aliphatic rings. The third-order valence-corrected chi connectivity index (χ3v) is 9.93. The molecule has 2 atom stereocenters. The monoisotopic (exact) mass is 557 g/mol. The Morgan fingerprint density at radius 1 is 0.780 bits per heavy atom. The van der Waals surface area contributed by atoms with E-state index in [0.717, 1.165) is 59.4 Å². The maximum Gasteiger partial charge on any atom is 0.155 e. The molecule has 3 aliphatic heterocycles. The number of hydrogen-bond acceptors (Lipinski definition) is 8. The summed E-state index contributed by atoms with van der Waals surface area (Å²) >= 11 is 1.85. The first-order valence-corrected chi connectivity index (χ1v) is 14.9. The molecule has 0 aliphatic carbocycles. The van der Waals surface area contributed by atoms with Gasteiger partial charge in [-0.05, 0) is 65.1 Å².